The van der Waals surface area contributed by atoms with E-state index in [1.807, 2.05) is 24.3 Å². The topological polar surface area (TPSA) is 83.1 Å². The first-order valence-electron chi connectivity index (χ1n) is 8.95. The second-order valence-electron chi connectivity index (χ2n) is 6.72. The zero-order valence-electron chi connectivity index (χ0n) is 14.7. The Balaban J connectivity index is 1.61. The number of non-ortho nitro benzene ring substituents is 1. The van der Waals surface area contributed by atoms with Gasteiger partial charge >= 0.3 is 0 Å². The van der Waals surface area contributed by atoms with Crippen LogP contribution in [0.5, 0.6) is 0 Å². The highest BCUT2D eigenvalue weighted by Gasteiger charge is 2.25. The maximum atomic E-state index is 11.3. The van der Waals surface area contributed by atoms with Gasteiger partial charge in [-0.3, -0.25) is 15.1 Å². The second kappa shape index (κ2) is 7.04. The maximum absolute atomic E-state index is 11.3. The molecule has 0 unspecified atom stereocenters. The summed E-state index contributed by atoms with van der Waals surface area (Å²) in [4.78, 5) is 17.6. The lowest BCUT2D eigenvalue weighted by Crippen LogP contribution is -2.33. The molecular formula is C21H18N4O2. The molecule has 2 aromatic carbocycles. The summed E-state index contributed by atoms with van der Waals surface area (Å²) in [6.07, 6.45) is 3.54. The summed E-state index contributed by atoms with van der Waals surface area (Å²) in [5.41, 5.74) is 3.55. The Labute approximate surface area is 156 Å². The van der Waals surface area contributed by atoms with Crippen LogP contribution in [0, 0.1) is 21.4 Å². The normalized spacial score (nSPS) is 14.9. The van der Waals surface area contributed by atoms with Crippen LogP contribution in [0.15, 0.2) is 54.7 Å². The highest BCUT2D eigenvalue weighted by Crippen LogP contribution is 2.36. The van der Waals surface area contributed by atoms with E-state index in [2.05, 4.69) is 16.0 Å². The largest absolute Gasteiger partial charge is 0.370 e. The van der Waals surface area contributed by atoms with E-state index in [-0.39, 0.29) is 10.6 Å². The number of hydrogen-bond acceptors (Lipinski definition) is 5. The molecule has 0 spiro atoms. The van der Waals surface area contributed by atoms with Crippen LogP contribution in [0.3, 0.4) is 0 Å². The predicted molar refractivity (Wildman–Crippen MR) is 104 cm³/mol. The number of pyridine rings is 1. The summed E-state index contributed by atoms with van der Waals surface area (Å²) in [6, 6.07) is 16.9. The summed E-state index contributed by atoms with van der Waals surface area (Å²) in [5.74, 6) is 0.356. The van der Waals surface area contributed by atoms with Gasteiger partial charge in [-0.25, -0.2) is 0 Å². The molecule has 0 radical (unpaired) electrons. The van der Waals surface area contributed by atoms with Crippen molar-refractivity contribution in [2.75, 3.05) is 18.0 Å². The van der Waals surface area contributed by atoms with Gasteiger partial charge in [0.05, 0.1) is 27.6 Å². The number of nitrogens with zero attached hydrogens (tertiary/aromatic N) is 4. The van der Waals surface area contributed by atoms with Crippen LogP contribution in [0.1, 0.15) is 29.9 Å². The van der Waals surface area contributed by atoms with Gasteiger partial charge in [0.25, 0.3) is 5.69 Å². The number of nitro groups is 1. The maximum Gasteiger partial charge on any atom is 0.278 e. The minimum Gasteiger partial charge on any atom is -0.370 e. The standard InChI is InChI=1S/C21H18N4O2/c22-14-16-4-1-2-5-17(16)15-9-12-24(13-10-15)20-8-7-19(25(26)27)18-6-3-11-23-21(18)20/h1-8,11,15H,9-10,12-13H2. The average molecular weight is 358 g/mol. The molecule has 3 aromatic rings. The van der Waals surface area contributed by atoms with Crippen molar-refractivity contribution in [2.24, 2.45) is 0 Å². The van der Waals surface area contributed by atoms with E-state index in [1.165, 1.54) is 0 Å². The molecule has 4 rings (SSSR count). The van der Waals surface area contributed by atoms with Gasteiger partial charge in [0.15, 0.2) is 0 Å². The van der Waals surface area contributed by atoms with Crippen LogP contribution in [-0.2, 0) is 0 Å². The number of aromatic nitrogens is 1. The third-order valence-electron chi connectivity index (χ3n) is 5.28. The summed E-state index contributed by atoms with van der Waals surface area (Å²) in [7, 11) is 0. The van der Waals surface area contributed by atoms with Crippen LogP contribution in [0.2, 0.25) is 0 Å². The molecule has 6 nitrogen and oxygen atoms in total. The van der Waals surface area contributed by atoms with Gasteiger partial charge in [-0.05, 0) is 48.6 Å². The number of rotatable bonds is 3. The van der Waals surface area contributed by atoms with E-state index < -0.39 is 0 Å². The number of nitriles is 1. The quantitative estimate of drug-likeness (QED) is 0.512. The van der Waals surface area contributed by atoms with Gasteiger partial charge in [-0.1, -0.05) is 18.2 Å². The Morgan fingerprint density at radius 2 is 1.89 bits per heavy atom. The second-order valence-corrected chi connectivity index (χ2v) is 6.72. The van der Waals surface area contributed by atoms with E-state index in [1.54, 1.807) is 30.5 Å². The molecule has 1 aromatic heterocycles. The minimum atomic E-state index is -0.362. The van der Waals surface area contributed by atoms with Gasteiger partial charge in [0.1, 0.15) is 5.52 Å². The number of hydrogen-bond donors (Lipinski definition) is 0. The van der Waals surface area contributed by atoms with E-state index in [0.29, 0.717) is 16.8 Å². The van der Waals surface area contributed by atoms with Gasteiger partial charge in [-0.15, -0.1) is 0 Å². The van der Waals surface area contributed by atoms with Crippen molar-refractivity contribution in [3.8, 4) is 6.07 Å². The zero-order valence-corrected chi connectivity index (χ0v) is 14.7. The fraction of sp³-hybridized carbons (Fsp3) is 0.238. The molecule has 0 amide bonds. The molecule has 0 N–H and O–H groups in total. The van der Waals surface area contributed by atoms with E-state index >= 15 is 0 Å². The number of anilines is 1. The van der Waals surface area contributed by atoms with Crippen LogP contribution in [0.25, 0.3) is 10.9 Å². The lowest BCUT2D eigenvalue weighted by Gasteiger charge is -2.34. The van der Waals surface area contributed by atoms with Crippen molar-refractivity contribution < 1.29 is 4.92 Å². The molecule has 134 valence electrons. The number of nitro benzene ring substituents is 1. The molecule has 0 saturated carbocycles. The third kappa shape index (κ3) is 3.08. The fourth-order valence-electron chi connectivity index (χ4n) is 3.94. The highest BCUT2D eigenvalue weighted by atomic mass is 16.6. The summed E-state index contributed by atoms with van der Waals surface area (Å²) in [6.45, 7) is 1.65. The van der Waals surface area contributed by atoms with Crippen LogP contribution >= 0.6 is 0 Å². The number of fused-ring (bicyclic) bond motifs is 1. The Morgan fingerprint density at radius 1 is 1.11 bits per heavy atom. The molecule has 6 heteroatoms. The SMILES string of the molecule is N#Cc1ccccc1C1CCN(c2ccc([N+](=O)[O-])c3cccnc23)CC1. The van der Waals surface area contributed by atoms with Crippen LogP contribution in [0.4, 0.5) is 11.4 Å². The summed E-state index contributed by atoms with van der Waals surface area (Å²) in [5, 5.41) is 21.2. The molecule has 1 aliphatic heterocycles. The Morgan fingerprint density at radius 3 is 2.63 bits per heavy atom. The van der Waals surface area contributed by atoms with Crippen molar-refractivity contribution in [1.29, 1.82) is 5.26 Å². The third-order valence-corrected chi connectivity index (χ3v) is 5.28. The van der Waals surface area contributed by atoms with Gasteiger partial charge in [0.2, 0.25) is 0 Å². The van der Waals surface area contributed by atoms with E-state index in [4.69, 9.17) is 0 Å². The molecular weight excluding hydrogens is 340 g/mol. The van der Waals surface area contributed by atoms with Crippen LogP contribution < -0.4 is 4.90 Å². The molecule has 0 atom stereocenters. The summed E-state index contributed by atoms with van der Waals surface area (Å²) >= 11 is 0. The van der Waals surface area contributed by atoms with Crippen LogP contribution in [-0.4, -0.2) is 23.0 Å². The van der Waals surface area contributed by atoms with E-state index in [9.17, 15) is 15.4 Å². The van der Waals surface area contributed by atoms with Gasteiger partial charge < -0.3 is 4.90 Å². The van der Waals surface area contributed by atoms with Crippen molar-refractivity contribution in [3.05, 3.63) is 76.0 Å². The number of benzene rings is 2. The first-order valence-corrected chi connectivity index (χ1v) is 8.95. The Bertz CT molecular complexity index is 1050. The van der Waals surface area contributed by atoms with E-state index in [0.717, 1.165) is 42.7 Å². The highest BCUT2D eigenvalue weighted by molar-refractivity contribution is 5.97. The lowest BCUT2D eigenvalue weighted by atomic mass is 9.86. The van der Waals surface area contributed by atoms with Gasteiger partial charge in [-0.2, -0.15) is 5.26 Å². The molecule has 1 saturated heterocycles. The van der Waals surface area contributed by atoms with Crippen molar-refractivity contribution in [1.82, 2.24) is 4.98 Å². The van der Waals surface area contributed by atoms with Crippen molar-refractivity contribution in [3.63, 3.8) is 0 Å². The molecule has 2 heterocycles. The average Bonchev–Trinajstić information content (AvgIpc) is 2.73. The molecule has 27 heavy (non-hydrogen) atoms. The van der Waals surface area contributed by atoms with Crippen molar-refractivity contribution >= 4 is 22.3 Å². The molecule has 0 aliphatic carbocycles. The minimum absolute atomic E-state index is 0.0830. The zero-order chi connectivity index (χ0) is 18.8. The number of piperidine rings is 1. The predicted octanol–water partition coefficient (Wildman–Crippen LogP) is 4.40. The smallest absolute Gasteiger partial charge is 0.278 e. The first-order chi connectivity index (χ1) is 13.2. The molecule has 1 fully saturated rings. The Kier molecular flexibility index (Phi) is 4.43. The lowest BCUT2D eigenvalue weighted by molar-refractivity contribution is -0.383. The molecule has 0 bridgehead atoms. The van der Waals surface area contributed by atoms with Gasteiger partial charge in [0, 0.05) is 25.4 Å². The monoisotopic (exact) mass is 358 g/mol. The Hall–Kier alpha value is -3.46. The molecule has 1 aliphatic rings. The first kappa shape index (κ1) is 17.0. The fourth-order valence-corrected chi connectivity index (χ4v) is 3.94. The van der Waals surface area contributed by atoms with Crippen molar-refractivity contribution in [2.45, 2.75) is 18.8 Å². The summed E-state index contributed by atoms with van der Waals surface area (Å²) < 4.78 is 0.